The lowest BCUT2D eigenvalue weighted by molar-refractivity contribution is -0.120. The Morgan fingerprint density at radius 1 is 1.57 bits per heavy atom. The average molecular weight is 308 g/mol. The van der Waals surface area contributed by atoms with Crippen molar-refractivity contribution in [3.63, 3.8) is 0 Å². The van der Waals surface area contributed by atoms with Gasteiger partial charge in [-0.3, -0.25) is 4.79 Å². The normalized spacial score (nSPS) is 12.5. The number of hydrogen-bond donors (Lipinski definition) is 3. The molecule has 0 saturated heterocycles. The molecular weight excluding hydrogens is 288 g/mol. The fourth-order valence-corrected chi connectivity index (χ4v) is 2.70. The molecule has 21 heavy (non-hydrogen) atoms. The third-order valence-electron chi connectivity index (χ3n) is 2.97. The molecule has 114 valence electrons. The maximum Gasteiger partial charge on any atom is 0.233 e. The molecule has 1 amide bonds. The molecule has 1 aromatic heterocycles. The van der Waals surface area contributed by atoms with Crippen molar-refractivity contribution in [2.45, 2.75) is 23.8 Å². The zero-order valence-corrected chi connectivity index (χ0v) is 13.0. The van der Waals surface area contributed by atoms with Crippen LogP contribution in [0.3, 0.4) is 0 Å². The van der Waals surface area contributed by atoms with E-state index in [1.54, 1.807) is 7.11 Å². The van der Waals surface area contributed by atoms with Gasteiger partial charge in [0.25, 0.3) is 0 Å². The molecular formula is C14H20N4O2S. The third kappa shape index (κ3) is 4.37. The predicted molar refractivity (Wildman–Crippen MR) is 85.3 cm³/mol. The lowest BCUT2D eigenvalue weighted by Gasteiger charge is -2.10. The van der Waals surface area contributed by atoms with Gasteiger partial charge in [0.05, 0.1) is 16.3 Å². The number of nitrogens with one attached hydrogen (secondary N) is 2. The number of carbonyl (C=O) groups excluding carboxylic acids is 1. The van der Waals surface area contributed by atoms with E-state index in [0.717, 1.165) is 22.6 Å². The van der Waals surface area contributed by atoms with Crippen LogP contribution in [0.2, 0.25) is 0 Å². The van der Waals surface area contributed by atoms with Crippen LogP contribution in [0.1, 0.15) is 13.3 Å². The summed E-state index contributed by atoms with van der Waals surface area (Å²) in [4.78, 5) is 19.6. The Hall–Kier alpha value is -1.73. The first-order chi connectivity index (χ1) is 10.1. The van der Waals surface area contributed by atoms with Crippen LogP contribution in [-0.2, 0) is 9.53 Å². The Bertz CT molecular complexity index is 614. The first-order valence-corrected chi connectivity index (χ1v) is 7.66. The standard InChI is InChI=1S/C14H20N4O2S/c1-9(13(19)16-6-3-7-20-2)21-14-17-11-5-4-10(15)8-12(11)18-14/h4-5,8-9H,3,6-7,15H2,1-2H3,(H,16,19)(H,17,18). The Morgan fingerprint density at radius 3 is 3.14 bits per heavy atom. The number of methoxy groups -OCH3 is 1. The van der Waals surface area contributed by atoms with Gasteiger partial charge >= 0.3 is 0 Å². The van der Waals surface area contributed by atoms with E-state index in [9.17, 15) is 4.79 Å². The summed E-state index contributed by atoms with van der Waals surface area (Å²) in [5.41, 5.74) is 8.15. The van der Waals surface area contributed by atoms with Crippen LogP contribution in [0.25, 0.3) is 11.0 Å². The van der Waals surface area contributed by atoms with Crippen molar-refractivity contribution >= 4 is 34.4 Å². The van der Waals surface area contributed by atoms with Gasteiger partial charge in [0, 0.05) is 25.9 Å². The molecule has 2 aromatic rings. The summed E-state index contributed by atoms with van der Waals surface area (Å²) in [6, 6.07) is 5.51. The van der Waals surface area contributed by atoms with Gasteiger partial charge in [-0.2, -0.15) is 0 Å². The lowest BCUT2D eigenvalue weighted by Crippen LogP contribution is -2.32. The average Bonchev–Trinajstić information content (AvgIpc) is 2.84. The number of hydrogen-bond acceptors (Lipinski definition) is 5. The smallest absolute Gasteiger partial charge is 0.233 e. The van der Waals surface area contributed by atoms with Gasteiger partial charge in [0.2, 0.25) is 5.91 Å². The lowest BCUT2D eigenvalue weighted by atomic mass is 10.3. The minimum absolute atomic E-state index is 0.00364. The van der Waals surface area contributed by atoms with E-state index >= 15 is 0 Å². The number of aromatic amines is 1. The monoisotopic (exact) mass is 308 g/mol. The highest BCUT2D eigenvalue weighted by Crippen LogP contribution is 2.24. The molecule has 1 atom stereocenters. The zero-order valence-electron chi connectivity index (χ0n) is 12.2. The number of nitrogens with two attached hydrogens (primary N) is 1. The molecule has 1 aromatic carbocycles. The van der Waals surface area contributed by atoms with E-state index in [1.165, 1.54) is 11.8 Å². The number of benzene rings is 1. The molecule has 0 radical (unpaired) electrons. The predicted octanol–water partition coefficient (Wildman–Crippen LogP) is 1.78. The summed E-state index contributed by atoms with van der Waals surface area (Å²) in [7, 11) is 1.65. The maximum absolute atomic E-state index is 11.9. The van der Waals surface area contributed by atoms with Gasteiger partial charge in [0.1, 0.15) is 0 Å². The van der Waals surface area contributed by atoms with Gasteiger partial charge < -0.3 is 20.8 Å². The highest BCUT2D eigenvalue weighted by atomic mass is 32.2. The van der Waals surface area contributed by atoms with Crippen molar-refractivity contribution in [3.05, 3.63) is 18.2 Å². The molecule has 0 spiro atoms. The topological polar surface area (TPSA) is 93.0 Å². The first kappa shape index (κ1) is 15.7. The number of imidazole rings is 1. The zero-order chi connectivity index (χ0) is 15.2. The van der Waals surface area contributed by atoms with Crippen molar-refractivity contribution < 1.29 is 9.53 Å². The van der Waals surface area contributed by atoms with Crippen molar-refractivity contribution in [1.82, 2.24) is 15.3 Å². The van der Waals surface area contributed by atoms with E-state index in [4.69, 9.17) is 10.5 Å². The minimum Gasteiger partial charge on any atom is -0.399 e. The van der Waals surface area contributed by atoms with Crippen molar-refractivity contribution in [3.8, 4) is 0 Å². The van der Waals surface area contributed by atoms with Gasteiger partial charge in [-0.1, -0.05) is 11.8 Å². The van der Waals surface area contributed by atoms with Crippen LogP contribution in [-0.4, -0.2) is 41.4 Å². The van der Waals surface area contributed by atoms with Gasteiger partial charge in [0.15, 0.2) is 5.16 Å². The molecule has 0 fully saturated rings. The van der Waals surface area contributed by atoms with Crippen LogP contribution in [0.4, 0.5) is 5.69 Å². The molecule has 0 aliphatic rings. The number of nitrogen functional groups attached to an aromatic ring is 1. The third-order valence-corrected chi connectivity index (χ3v) is 3.95. The van der Waals surface area contributed by atoms with Crippen molar-refractivity contribution in [1.29, 1.82) is 0 Å². The minimum atomic E-state index is -0.217. The van der Waals surface area contributed by atoms with Gasteiger partial charge in [-0.05, 0) is 31.5 Å². The molecule has 2 rings (SSSR count). The Labute approximate surface area is 127 Å². The number of anilines is 1. The summed E-state index contributed by atoms with van der Waals surface area (Å²) in [6.45, 7) is 3.12. The van der Waals surface area contributed by atoms with E-state index in [1.807, 2.05) is 25.1 Å². The number of thioether (sulfide) groups is 1. The summed E-state index contributed by atoms with van der Waals surface area (Å²) in [6.07, 6.45) is 0.809. The quantitative estimate of drug-likeness (QED) is 0.412. The number of amides is 1. The fraction of sp³-hybridized carbons (Fsp3) is 0.429. The number of rotatable bonds is 7. The Morgan fingerprint density at radius 2 is 2.38 bits per heavy atom. The summed E-state index contributed by atoms with van der Waals surface area (Å²) in [5, 5.41) is 3.38. The highest BCUT2D eigenvalue weighted by Gasteiger charge is 2.16. The number of nitrogens with zero attached hydrogens (tertiary/aromatic N) is 1. The first-order valence-electron chi connectivity index (χ1n) is 6.78. The molecule has 0 saturated carbocycles. The van der Waals surface area contributed by atoms with Crippen molar-refractivity contribution in [2.75, 3.05) is 26.0 Å². The molecule has 4 N–H and O–H groups in total. The number of fused-ring (bicyclic) bond motifs is 1. The van der Waals surface area contributed by atoms with Crippen LogP contribution in [0.15, 0.2) is 23.4 Å². The summed E-state index contributed by atoms with van der Waals surface area (Å²) < 4.78 is 4.94. The molecule has 1 unspecified atom stereocenters. The second-order valence-electron chi connectivity index (χ2n) is 4.72. The van der Waals surface area contributed by atoms with Gasteiger partial charge in [-0.15, -0.1) is 0 Å². The number of carbonyl (C=O) groups is 1. The summed E-state index contributed by atoms with van der Waals surface area (Å²) >= 11 is 1.40. The SMILES string of the molecule is COCCCNC(=O)C(C)Sc1nc2ccc(N)cc2[nH]1. The molecule has 0 aliphatic carbocycles. The van der Waals surface area contributed by atoms with E-state index in [-0.39, 0.29) is 11.2 Å². The largest absolute Gasteiger partial charge is 0.399 e. The van der Waals surface area contributed by atoms with Crippen LogP contribution in [0.5, 0.6) is 0 Å². The highest BCUT2D eigenvalue weighted by molar-refractivity contribution is 8.00. The van der Waals surface area contributed by atoms with E-state index in [2.05, 4.69) is 15.3 Å². The number of H-pyrrole nitrogens is 1. The van der Waals surface area contributed by atoms with Crippen molar-refractivity contribution in [2.24, 2.45) is 0 Å². The Kier molecular flexibility index (Phi) is 5.46. The Balaban J connectivity index is 1.91. The van der Waals surface area contributed by atoms with E-state index < -0.39 is 0 Å². The molecule has 6 nitrogen and oxygen atoms in total. The molecule has 0 aliphatic heterocycles. The maximum atomic E-state index is 11.9. The number of ether oxygens (including phenoxy) is 1. The van der Waals surface area contributed by atoms with Gasteiger partial charge in [-0.25, -0.2) is 4.98 Å². The van der Waals surface area contributed by atoms with E-state index in [0.29, 0.717) is 18.8 Å². The second-order valence-corrected chi connectivity index (χ2v) is 6.05. The summed E-state index contributed by atoms with van der Waals surface area (Å²) in [5.74, 6) is -0.00364. The van der Waals surface area contributed by atoms with Crippen LogP contribution >= 0.6 is 11.8 Å². The van der Waals surface area contributed by atoms with Crippen LogP contribution in [0, 0.1) is 0 Å². The molecule has 7 heteroatoms. The van der Waals surface area contributed by atoms with Crippen LogP contribution < -0.4 is 11.1 Å². The second kappa shape index (κ2) is 7.33. The molecule has 1 heterocycles. The number of aromatic nitrogens is 2. The molecule has 0 bridgehead atoms. The fourth-order valence-electron chi connectivity index (χ4n) is 1.85.